The molecule has 0 radical (unpaired) electrons. The lowest BCUT2D eigenvalue weighted by molar-refractivity contribution is 0.122. The van der Waals surface area contributed by atoms with Crippen LogP contribution in [0.4, 0.5) is 16.2 Å². The second kappa shape index (κ2) is 7.97. The van der Waals surface area contributed by atoms with E-state index in [1.807, 2.05) is 19.1 Å². The van der Waals surface area contributed by atoms with Gasteiger partial charge in [0.2, 0.25) is 5.88 Å². The summed E-state index contributed by atoms with van der Waals surface area (Å²) in [7, 11) is 0. The van der Waals surface area contributed by atoms with E-state index < -0.39 is 0 Å². The van der Waals surface area contributed by atoms with Gasteiger partial charge in [0.1, 0.15) is 6.10 Å². The van der Waals surface area contributed by atoms with Gasteiger partial charge in [-0.3, -0.25) is 4.90 Å². The molecule has 2 N–H and O–H groups in total. The summed E-state index contributed by atoms with van der Waals surface area (Å²) in [4.78, 5) is 18.8. The Morgan fingerprint density at radius 2 is 2.25 bits per heavy atom. The van der Waals surface area contributed by atoms with Crippen LogP contribution in [0.25, 0.3) is 0 Å². The number of hydrogen-bond acceptors (Lipinski definition) is 4. The molecule has 4 rings (SSSR count). The smallest absolute Gasteiger partial charge is 0.326 e. The van der Waals surface area contributed by atoms with Crippen molar-refractivity contribution in [3.63, 3.8) is 0 Å². The third-order valence-corrected chi connectivity index (χ3v) is 5.86. The van der Waals surface area contributed by atoms with Crippen LogP contribution in [0.5, 0.6) is 5.88 Å². The highest BCUT2D eigenvalue weighted by Gasteiger charge is 2.26. The van der Waals surface area contributed by atoms with Gasteiger partial charge in [0.05, 0.1) is 17.6 Å². The van der Waals surface area contributed by atoms with Gasteiger partial charge in [-0.15, -0.1) is 0 Å². The zero-order valence-corrected chi connectivity index (χ0v) is 16.9. The molecule has 0 saturated carbocycles. The quantitative estimate of drug-likeness (QED) is 0.811. The molecule has 2 atom stereocenters. The summed E-state index contributed by atoms with van der Waals surface area (Å²) in [5.41, 5.74) is 3.69. The van der Waals surface area contributed by atoms with Crippen LogP contribution >= 0.6 is 11.6 Å². The Bertz CT molecular complexity index is 871. The van der Waals surface area contributed by atoms with Gasteiger partial charge in [-0.1, -0.05) is 17.7 Å². The number of fused-ring (bicyclic) bond motifs is 1. The number of nitrogens with zero attached hydrogens (tertiary/aromatic N) is 2. The highest BCUT2D eigenvalue weighted by molar-refractivity contribution is 6.31. The van der Waals surface area contributed by atoms with Crippen molar-refractivity contribution in [3.8, 4) is 5.88 Å². The molecule has 2 amide bonds. The summed E-state index contributed by atoms with van der Waals surface area (Å²) < 4.78 is 5.99. The van der Waals surface area contributed by atoms with Gasteiger partial charge in [0.15, 0.2) is 0 Å². The van der Waals surface area contributed by atoms with Crippen LogP contribution in [0.2, 0.25) is 5.02 Å². The van der Waals surface area contributed by atoms with Crippen LogP contribution in [0, 0.1) is 6.92 Å². The summed E-state index contributed by atoms with van der Waals surface area (Å²) in [5.74, 6) is 0.576. The van der Waals surface area contributed by atoms with Gasteiger partial charge in [-0.25, -0.2) is 9.78 Å². The zero-order valence-electron chi connectivity index (χ0n) is 16.2. The first-order valence-corrected chi connectivity index (χ1v) is 10.1. The first kappa shape index (κ1) is 19.0. The second-order valence-corrected chi connectivity index (χ2v) is 7.90. The Morgan fingerprint density at radius 3 is 3.00 bits per heavy atom. The number of benzene rings is 1. The zero-order chi connectivity index (χ0) is 19.7. The highest BCUT2D eigenvalue weighted by atomic mass is 35.5. The number of carbonyl (C=O) groups is 1. The van der Waals surface area contributed by atoms with Crippen molar-refractivity contribution in [1.29, 1.82) is 0 Å². The molecule has 1 fully saturated rings. The molecule has 6 nitrogen and oxygen atoms in total. The molecule has 7 heteroatoms. The number of aryl methyl sites for hydroxylation is 1. The minimum absolute atomic E-state index is 0.121. The number of halogens is 1. The Hall–Kier alpha value is -2.31. The normalized spacial score (nSPS) is 21.3. The number of anilines is 2. The number of hydrogen-bond donors (Lipinski definition) is 2. The monoisotopic (exact) mass is 400 g/mol. The van der Waals surface area contributed by atoms with Gasteiger partial charge in [-0.05, 0) is 62.9 Å². The summed E-state index contributed by atoms with van der Waals surface area (Å²) in [6, 6.07) is 7.67. The highest BCUT2D eigenvalue weighted by Crippen LogP contribution is 2.33. The van der Waals surface area contributed by atoms with Gasteiger partial charge < -0.3 is 15.4 Å². The Balaban J connectivity index is 1.40. The van der Waals surface area contributed by atoms with Crippen molar-refractivity contribution < 1.29 is 9.53 Å². The van der Waals surface area contributed by atoms with Gasteiger partial charge in [-0.2, -0.15) is 0 Å². The predicted octanol–water partition coefficient (Wildman–Crippen LogP) is 4.16. The number of nitrogens with one attached hydrogen (secondary N) is 2. The van der Waals surface area contributed by atoms with Gasteiger partial charge in [0.25, 0.3) is 0 Å². The molecule has 1 aromatic heterocycles. The van der Waals surface area contributed by atoms with Crippen LogP contribution in [0.1, 0.15) is 30.9 Å². The van der Waals surface area contributed by atoms with E-state index in [2.05, 4.69) is 28.6 Å². The third-order valence-electron chi connectivity index (χ3n) is 5.45. The SMILES string of the molecule is Cc1cc2c(cc1Cl)N(C(=O)Nc1ccc(OC3CCCNC3C)nc1)CC2. The molecule has 2 unspecified atom stereocenters. The molecular weight excluding hydrogens is 376 g/mol. The molecule has 0 spiro atoms. The first-order valence-electron chi connectivity index (χ1n) is 9.75. The molecule has 2 aliphatic rings. The molecule has 1 saturated heterocycles. The van der Waals surface area contributed by atoms with E-state index in [4.69, 9.17) is 16.3 Å². The number of urea groups is 1. The maximum Gasteiger partial charge on any atom is 0.326 e. The van der Waals surface area contributed by atoms with Crippen LogP contribution in [0.3, 0.4) is 0 Å². The minimum Gasteiger partial charge on any atom is -0.473 e. The van der Waals surface area contributed by atoms with Crippen molar-refractivity contribution in [2.45, 2.75) is 45.3 Å². The number of carbonyl (C=O) groups excluding carboxylic acids is 1. The van der Waals surface area contributed by atoms with Crippen LogP contribution in [-0.2, 0) is 6.42 Å². The van der Waals surface area contributed by atoms with E-state index in [9.17, 15) is 4.79 Å². The fraction of sp³-hybridized carbons (Fsp3) is 0.429. The number of piperidine rings is 1. The van der Waals surface area contributed by atoms with Crippen molar-refractivity contribution >= 4 is 29.0 Å². The van der Waals surface area contributed by atoms with Crippen LogP contribution in [0.15, 0.2) is 30.5 Å². The van der Waals surface area contributed by atoms with E-state index in [0.29, 0.717) is 29.2 Å². The lowest BCUT2D eigenvalue weighted by atomic mass is 10.0. The Morgan fingerprint density at radius 1 is 1.39 bits per heavy atom. The fourth-order valence-electron chi connectivity index (χ4n) is 3.79. The second-order valence-electron chi connectivity index (χ2n) is 7.49. The largest absolute Gasteiger partial charge is 0.473 e. The number of amides is 2. The number of rotatable bonds is 3. The Kier molecular flexibility index (Phi) is 5.42. The van der Waals surface area contributed by atoms with E-state index >= 15 is 0 Å². The molecule has 148 valence electrons. The lowest BCUT2D eigenvalue weighted by Crippen LogP contribution is -2.45. The summed E-state index contributed by atoms with van der Waals surface area (Å²) in [6.45, 7) is 5.77. The van der Waals surface area contributed by atoms with Gasteiger partial charge in [0, 0.05) is 23.7 Å². The minimum atomic E-state index is -0.181. The van der Waals surface area contributed by atoms with Crippen molar-refractivity contribution in [1.82, 2.24) is 10.3 Å². The fourth-order valence-corrected chi connectivity index (χ4v) is 3.95. The maximum atomic E-state index is 12.7. The molecule has 3 heterocycles. The average molecular weight is 401 g/mol. The molecule has 2 aliphatic heterocycles. The van der Waals surface area contributed by atoms with E-state index in [0.717, 1.165) is 42.6 Å². The standard InChI is InChI=1S/C21H25ClN4O2/c1-13-10-15-7-9-26(18(15)11-17(13)22)21(27)25-16-5-6-20(24-12-16)28-19-4-3-8-23-14(19)2/h5-6,10-12,14,19,23H,3-4,7-9H2,1-2H3,(H,25,27). The van der Waals surface area contributed by atoms with Crippen LogP contribution in [-0.4, -0.2) is 36.3 Å². The predicted molar refractivity (Wildman–Crippen MR) is 112 cm³/mol. The molecule has 0 bridgehead atoms. The number of aromatic nitrogens is 1. The number of ether oxygens (including phenoxy) is 1. The molecule has 28 heavy (non-hydrogen) atoms. The first-order chi connectivity index (χ1) is 13.5. The van der Waals surface area contributed by atoms with Crippen molar-refractivity contribution in [3.05, 3.63) is 46.6 Å². The van der Waals surface area contributed by atoms with E-state index in [-0.39, 0.29) is 12.1 Å². The summed E-state index contributed by atoms with van der Waals surface area (Å²) in [5, 5.41) is 7.00. The average Bonchev–Trinajstić information content (AvgIpc) is 3.08. The third kappa shape index (κ3) is 3.93. The topological polar surface area (TPSA) is 66.5 Å². The van der Waals surface area contributed by atoms with Gasteiger partial charge >= 0.3 is 6.03 Å². The van der Waals surface area contributed by atoms with Crippen molar-refractivity contribution in [2.75, 3.05) is 23.3 Å². The molecule has 0 aliphatic carbocycles. The van der Waals surface area contributed by atoms with E-state index in [1.54, 1.807) is 17.2 Å². The van der Waals surface area contributed by atoms with Crippen LogP contribution < -0.4 is 20.3 Å². The Labute approximate surface area is 170 Å². The molecular formula is C21H25ClN4O2. The summed E-state index contributed by atoms with van der Waals surface area (Å²) >= 11 is 6.24. The molecule has 1 aromatic carbocycles. The number of pyridine rings is 1. The lowest BCUT2D eigenvalue weighted by Gasteiger charge is -2.29. The van der Waals surface area contributed by atoms with Crippen molar-refractivity contribution in [2.24, 2.45) is 0 Å². The molecule has 2 aromatic rings. The van der Waals surface area contributed by atoms with E-state index in [1.165, 1.54) is 0 Å². The summed E-state index contributed by atoms with van der Waals surface area (Å²) in [6.07, 6.45) is 4.71. The maximum absolute atomic E-state index is 12.7.